The maximum absolute atomic E-state index is 14.2. The number of anilines is 1. The van der Waals surface area contributed by atoms with Gasteiger partial charge in [0.2, 0.25) is 10.0 Å². The Morgan fingerprint density at radius 3 is 2.16 bits per heavy atom. The van der Waals surface area contributed by atoms with Crippen LogP contribution in [0.4, 0.5) is 10.5 Å². The van der Waals surface area contributed by atoms with Crippen LogP contribution in [-0.4, -0.2) is 56.6 Å². The van der Waals surface area contributed by atoms with Crippen molar-refractivity contribution in [2.75, 3.05) is 25.6 Å². The van der Waals surface area contributed by atoms with E-state index in [9.17, 15) is 23.1 Å². The number of nitrogens with zero attached hydrogens (tertiary/aromatic N) is 2. The zero-order valence-corrected chi connectivity index (χ0v) is 29.3. The van der Waals surface area contributed by atoms with Crippen molar-refractivity contribution in [3.05, 3.63) is 130 Å². The van der Waals surface area contributed by atoms with Gasteiger partial charge in [-0.25, -0.2) is 18.0 Å². The lowest BCUT2D eigenvalue weighted by atomic mass is 9.91. The van der Waals surface area contributed by atoms with Gasteiger partial charge in [0.15, 0.2) is 0 Å². The first-order valence-corrected chi connectivity index (χ1v) is 18.0. The Labute approximate surface area is 292 Å². The van der Waals surface area contributed by atoms with Crippen molar-refractivity contribution in [3.8, 4) is 11.1 Å². The number of hydrogen-bond donors (Lipinski definition) is 2. The van der Waals surface area contributed by atoms with Crippen LogP contribution in [0.15, 0.2) is 95.9 Å². The minimum absolute atomic E-state index is 0.0167. The number of alkyl carbamates (subject to hydrolysis) is 1. The van der Waals surface area contributed by atoms with Crippen molar-refractivity contribution < 1.29 is 27.9 Å². The molecular weight excluding hydrogens is 651 g/mol. The van der Waals surface area contributed by atoms with Gasteiger partial charge in [-0.05, 0) is 76.1 Å². The smallest absolute Gasteiger partial charge is 0.407 e. The summed E-state index contributed by atoms with van der Waals surface area (Å²) in [5.74, 6) is -1.34. The largest absolute Gasteiger partial charge is 0.480 e. The van der Waals surface area contributed by atoms with Gasteiger partial charge in [-0.15, -0.1) is 0 Å². The van der Waals surface area contributed by atoms with Crippen molar-refractivity contribution >= 4 is 38.5 Å². The van der Waals surface area contributed by atoms with Gasteiger partial charge in [0.1, 0.15) is 12.6 Å². The number of fused-ring (bicyclic) bond motifs is 5. The number of aryl methyl sites for hydroxylation is 1. The minimum Gasteiger partial charge on any atom is -0.480 e. The highest BCUT2D eigenvalue weighted by atomic mass is 32.2. The lowest BCUT2D eigenvalue weighted by molar-refractivity contribution is -0.139. The van der Waals surface area contributed by atoms with Gasteiger partial charge >= 0.3 is 12.1 Å². The van der Waals surface area contributed by atoms with Gasteiger partial charge in [-0.3, -0.25) is 0 Å². The summed E-state index contributed by atoms with van der Waals surface area (Å²) in [7, 11) is -0.0198. The second-order valence-corrected chi connectivity index (χ2v) is 15.2. The fourth-order valence-electron chi connectivity index (χ4n) is 7.56. The van der Waals surface area contributed by atoms with Crippen molar-refractivity contribution in [2.45, 2.75) is 50.2 Å². The predicted molar refractivity (Wildman–Crippen MR) is 194 cm³/mol. The number of sulfonamides is 1. The maximum atomic E-state index is 14.2. The molecule has 0 bridgehead atoms. The molecule has 0 saturated carbocycles. The monoisotopic (exact) mass is 689 g/mol. The second-order valence-electron chi connectivity index (χ2n) is 13.3. The van der Waals surface area contributed by atoms with Crippen LogP contribution in [0, 0.1) is 13.8 Å². The summed E-state index contributed by atoms with van der Waals surface area (Å²) in [6, 6.07) is 27.7. The standard InChI is InChI=1S/C40H39N3O6S/c1-24-19-26(20-36(39(44)45)41-40(46)49-23-35-29-13-7-5-11-27(29)28-12-6-8-14-30(28)35)25(2)34-22-43(21-33(24)34)50(47,48)38-18-10-15-31-32(38)16-9-17-37(31)42(3)4/h5-19,35-36H,20-23H2,1-4H3,(H,41,46)(H,44,45)/t36-/m0/s1. The molecule has 1 heterocycles. The van der Waals surface area contributed by atoms with Crippen LogP contribution in [-0.2, 0) is 39.1 Å². The van der Waals surface area contributed by atoms with E-state index in [-0.39, 0.29) is 36.9 Å². The van der Waals surface area contributed by atoms with Crippen LogP contribution in [0.2, 0.25) is 0 Å². The Bertz CT molecular complexity index is 2240. The molecule has 2 aliphatic rings. The van der Waals surface area contributed by atoms with Crippen LogP contribution in [0.3, 0.4) is 0 Å². The molecule has 5 aromatic carbocycles. The molecule has 0 spiro atoms. The third-order valence-corrected chi connectivity index (χ3v) is 12.0. The van der Waals surface area contributed by atoms with Crippen LogP contribution < -0.4 is 10.2 Å². The van der Waals surface area contributed by atoms with Crippen LogP contribution >= 0.6 is 0 Å². The third kappa shape index (κ3) is 5.78. The Morgan fingerprint density at radius 2 is 1.50 bits per heavy atom. The highest BCUT2D eigenvalue weighted by Crippen LogP contribution is 2.44. The van der Waals surface area contributed by atoms with E-state index < -0.39 is 28.1 Å². The van der Waals surface area contributed by atoms with Crippen molar-refractivity contribution in [1.82, 2.24) is 9.62 Å². The molecule has 1 aliphatic carbocycles. The molecule has 0 radical (unpaired) electrons. The highest BCUT2D eigenvalue weighted by molar-refractivity contribution is 7.89. The van der Waals surface area contributed by atoms with E-state index in [1.54, 1.807) is 12.1 Å². The quantitative estimate of drug-likeness (QED) is 0.176. The number of hydrogen-bond acceptors (Lipinski definition) is 6. The summed E-state index contributed by atoms with van der Waals surface area (Å²) < 4.78 is 35.5. The molecule has 0 saturated heterocycles. The van der Waals surface area contributed by atoms with E-state index in [2.05, 4.69) is 17.4 Å². The van der Waals surface area contributed by atoms with Gasteiger partial charge in [0.05, 0.1) is 4.90 Å². The van der Waals surface area contributed by atoms with Gasteiger partial charge in [-0.2, -0.15) is 4.31 Å². The Morgan fingerprint density at radius 1 is 0.880 bits per heavy atom. The fourth-order valence-corrected chi connectivity index (χ4v) is 9.14. The summed E-state index contributed by atoms with van der Waals surface area (Å²) >= 11 is 0. The number of benzene rings is 5. The SMILES string of the molecule is Cc1cc(C[C@H](NC(=O)OCC2c3ccccc3-c3ccccc32)C(=O)O)c(C)c2c1CN(S(=O)(=O)c1cccc3c(N(C)C)cccc13)C2. The number of carboxylic acid groups (broad SMARTS) is 1. The van der Waals surface area contributed by atoms with Crippen molar-refractivity contribution in [2.24, 2.45) is 0 Å². The number of aliphatic carboxylic acids is 1. The summed E-state index contributed by atoms with van der Waals surface area (Å²) in [4.78, 5) is 27.7. The number of carboxylic acids is 1. The molecular formula is C40H39N3O6S. The van der Waals surface area contributed by atoms with Crippen LogP contribution in [0.5, 0.6) is 0 Å². The van der Waals surface area contributed by atoms with Crippen molar-refractivity contribution in [1.29, 1.82) is 0 Å². The summed E-state index contributed by atoms with van der Waals surface area (Å²) in [6.07, 6.45) is -0.789. The molecule has 256 valence electrons. The predicted octanol–water partition coefficient (Wildman–Crippen LogP) is 6.76. The zero-order valence-electron chi connectivity index (χ0n) is 28.4. The fraction of sp³-hybridized carbons (Fsp3) is 0.250. The minimum atomic E-state index is -3.88. The first-order chi connectivity index (χ1) is 24.0. The zero-order chi connectivity index (χ0) is 35.3. The molecule has 50 heavy (non-hydrogen) atoms. The lowest BCUT2D eigenvalue weighted by Crippen LogP contribution is -2.43. The normalized spacial score (nSPS) is 14.6. The van der Waals surface area contributed by atoms with E-state index in [0.29, 0.717) is 5.39 Å². The van der Waals surface area contributed by atoms with Gasteiger partial charge in [-0.1, -0.05) is 78.9 Å². The summed E-state index contributed by atoms with van der Waals surface area (Å²) in [5.41, 5.74) is 9.46. The molecule has 0 unspecified atom stereocenters. The Balaban J connectivity index is 1.08. The van der Waals surface area contributed by atoms with Crippen LogP contribution in [0.25, 0.3) is 21.9 Å². The van der Waals surface area contributed by atoms with Crippen molar-refractivity contribution in [3.63, 3.8) is 0 Å². The van der Waals surface area contributed by atoms with E-state index in [4.69, 9.17) is 4.74 Å². The highest BCUT2D eigenvalue weighted by Gasteiger charge is 2.35. The van der Waals surface area contributed by atoms with E-state index >= 15 is 0 Å². The molecule has 2 N–H and O–H groups in total. The van der Waals surface area contributed by atoms with Gasteiger partial charge in [0, 0.05) is 56.0 Å². The number of nitrogens with one attached hydrogen (secondary N) is 1. The van der Waals surface area contributed by atoms with E-state index in [1.807, 2.05) is 99.6 Å². The molecule has 0 fully saturated rings. The average Bonchev–Trinajstić information content (AvgIpc) is 3.70. The maximum Gasteiger partial charge on any atom is 0.407 e. The molecule has 1 atom stereocenters. The number of rotatable bonds is 9. The first kappa shape index (κ1) is 33.3. The van der Waals surface area contributed by atoms with E-state index in [0.717, 1.165) is 61.1 Å². The number of amides is 1. The van der Waals surface area contributed by atoms with Gasteiger partial charge < -0.3 is 20.1 Å². The molecule has 9 nitrogen and oxygen atoms in total. The summed E-state index contributed by atoms with van der Waals surface area (Å²) in [5, 5.41) is 14.2. The molecule has 0 aromatic heterocycles. The summed E-state index contributed by atoms with van der Waals surface area (Å²) in [6.45, 7) is 4.25. The molecule has 1 aliphatic heterocycles. The third-order valence-electron chi connectivity index (χ3n) is 10.2. The Kier molecular flexibility index (Phi) is 8.61. The molecule has 1 amide bonds. The average molecular weight is 690 g/mol. The number of carbonyl (C=O) groups is 2. The lowest BCUT2D eigenvalue weighted by Gasteiger charge is -2.20. The second kappa shape index (κ2) is 12.9. The van der Waals surface area contributed by atoms with Gasteiger partial charge in [0.25, 0.3) is 0 Å². The molecule has 5 aromatic rings. The topological polar surface area (TPSA) is 116 Å². The number of ether oxygens (including phenoxy) is 1. The van der Waals surface area contributed by atoms with Crippen LogP contribution in [0.1, 0.15) is 44.9 Å². The molecule has 7 rings (SSSR count). The Hall–Kier alpha value is -5.19. The molecule has 10 heteroatoms. The first-order valence-electron chi connectivity index (χ1n) is 16.6. The van der Waals surface area contributed by atoms with E-state index in [1.165, 1.54) is 4.31 Å². The number of carbonyl (C=O) groups excluding carboxylic acids is 1.